The first kappa shape index (κ1) is 14.9. The molecule has 0 radical (unpaired) electrons. The van der Waals surface area contributed by atoms with Crippen LogP contribution in [0.25, 0.3) is 0 Å². The van der Waals surface area contributed by atoms with Crippen molar-refractivity contribution in [1.82, 2.24) is 4.98 Å². The lowest BCUT2D eigenvalue weighted by Crippen LogP contribution is -2.29. The maximum absolute atomic E-state index is 11.7. The van der Waals surface area contributed by atoms with Gasteiger partial charge < -0.3 is 11.1 Å². The molecule has 0 saturated heterocycles. The van der Waals surface area contributed by atoms with Gasteiger partial charge in [-0.25, -0.2) is 13.4 Å². The quantitative estimate of drug-likeness (QED) is 0.814. The van der Waals surface area contributed by atoms with E-state index >= 15 is 0 Å². The van der Waals surface area contributed by atoms with E-state index in [-0.39, 0.29) is 10.9 Å². The molecule has 1 unspecified atom stereocenters. The molecule has 5 nitrogen and oxygen atoms in total. The molecule has 1 aromatic heterocycles. The first-order valence-electron chi connectivity index (χ1n) is 5.98. The van der Waals surface area contributed by atoms with Crippen LogP contribution in [0.15, 0.2) is 23.2 Å². The number of nitrogens with two attached hydrogens (primary N) is 1. The number of nitrogens with zero attached hydrogens (tertiary/aromatic N) is 1. The minimum Gasteiger partial charge on any atom is -0.366 e. The zero-order chi connectivity index (χ0) is 13.8. The molecule has 6 heteroatoms. The largest absolute Gasteiger partial charge is 0.366 e. The number of hydrogen-bond donors (Lipinski definition) is 2. The van der Waals surface area contributed by atoms with Crippen molar-refractivity contribution in [3.8, 4) is 0 Å². The normalized spacial score (nSPS) is 13.6. The van der Waals surface area contributed by atoms with Gasteiger partial charge in [-0.05, 0) is 31.0 Å². The smallest absolute Gasteiger partial charge is 0.179 e. The van der Waals surface area contributed by atoms with Gasteiger partial charge in [-0.2, -0.15) is 0 Å². The van der Waals surface area contributed by atoms with Gasteiger partial charge in [0.25, 0.3) is 0 Å². The average molecular weight is 271 g/mol. The maximum Gasteiger partial charge on any atom is 0.179 e. The molecule has 0 aliphatic carbocycles. The Morgan fingerprint density at radius 1 is 1.44 bits per heavy atom. The zero-order valence-corrected chi connectivity index (χ0v) is 11.9. The standard InChI is InChI=1S/C12H21N3O2S/c1-9(2)10(6-7-13)15-12-11(18(3,16)17)5-4-8-14-12/h4-5,8-10H,6-7,13H2,1-3H3,(H,14,15). The summed E-state index contributed by atoms with van der Waals surface area (Å²) in [6.45, 7) is 4.68. The van der Waals surface area contributed by atoms with E-state index in [2.05, 4.69) is 24.1 Å². The van der Waals surface area contributed by atoms with Crippen LogP contribution in [0.1, 0.15) is 20.3 Å². The molecule has 0 aliphatic heterocycles. The van der Waals surface area contributed by atoms with E-state index < -0.39 is 9.84 Å². The molecule has 0 aliphatic rings. The van der Waals surface area contributed by atoms with E-state index in [0.29, 0.717) is 18.3 Å². The Balaban J connectivity index is 3.03. The van der Waals surface area contributed by atoms with E-state index in [1.807, 2.05) is 0 Å². The molecule has 1 aromatic rings. The summed E-state index contributed by atoms with van der Waals surface area (Å²) in [5.41, 5.74) is 5.57. The summed E-state index contributed by atoms with van der Waals surface area (Å²) in [7, 11) is -3.28. The zero-order valence-electron chi connectivity index (χ0n) is 11.1. The third-order valence-electron chi connectivity index (χ3n) is 2.77. The van der Waals surface area contributed by atoms with Gasteiger partial charge >= 0.3 is 0 Å². The molecule has 0 aromatic carbocycles. The van der Waals surface area contributed by atoms with E-state index in [9.17, 15) is 8.42 Å². The lowest BCUT2D eigenvalue weighted by molar-refractivity contribution is 0.496. The van der Waals surface area contributed by atoms with Gasteiger partial charge in [0.05, 0.1) is 0 Å². The predicted octanol–water partition coefficient (Wildman–Crippen LogP) is 1.27. The summed E-state index contributed by atoms with van der Waals surface area (Å²) in [5, 5.41) is 3.18. The van der Waals surface area contributed by atoms with Gasteiger partial charge in [0.1, 0.15) is 10.7 Å². The molecule has 1 atom stereocenters. The fraction of sp³-hybridized carbons (Fsp3) is 0.583. The molecular formula is C12H21N3O2S. The minimum atomic E-state index is -3.28. The first-order valence-corrected chi connectivity index (χ1v) is 7.87. The van der Waals surface area contributed by atoms with Crippen LogP contribution in [0.3, 0.4) is 0 Å². The Labute approximate surface area is 109 Å². The molecule has 1 rings (SSSR count). The molecule has 102 valence electrons. The van der Waals surface area contributed by atoms with Gasteiger partial charge in [-0.15, -0.1) is 0 Å². The van der Waals surface area contributed by atoms with Crippen LogP contribution in [-0.4, -0.2) is 32.2 Å². The third kappa shape index (κ3) is 3.96. The van der Waals surface area contributed by atoms with E-state index in [4.69, 9.17) is 5.73 Å². The third-order valence-corrected chi connectivity index (χ3v) is 3.90. The number of nitrogens with one attached hydrogen (secondary N) is 1. The highest BCUT2D eigenvalue weighted by atomic mass is 32.2. The summed E-state index contributed by atoms with van der Waals surface area (Å²) >= 11 is 0. The summed E-state index contributed by atoms with van der Waals surface area (Å²) in [5.74, 6) is 0.759. The molecule has 18 heavy (non-hydrogen) atoms. The molecule has 0 bridgehead atoms. The van der Waals surface area contributed by atoms with Crippen molar-refractivity contribution in [3.05, 3.63) is 18.3 Å². The summed E-state index contributed by atoms with van der Waals surface area (Å²) in [4.78, 5) is 4.35. The van der Waals surface area contributed by atoms with Crippen LogP contribution in [0.4, 0.5) is 5.82 Å². The molecular weight excluding hydrogens is 250 g/mol. The molecule has 0 amide bonds. The second kappa shape index (κ2) is 6.15. The second-order valence-corrected chi connectivity index (χ2v) is 6.68. The highest BCUT2D eigenvalue weighted by Crippen LogP contribution is 2.21. The number of aromatic nitrogens is 1. The van der Waals surface area contributed by atoms with Gasteiger partial charge in [0.15, 0.2) is 9.84 Å². The van der Waals surface area contributed by atoms with Crippen molar-refractivity contribution in [3.63, 3.8) is 0 Å². The SMILES string of the molecule is CC(C)C(CCN)Nc1ncccc1S(C)(=O)=O. The number of pyridine rings is 1. The molecule has 0 fully saturated rings. The van der Waals surface area contributed by atoms with Gasteiger partial charge in [-0.3, -0.25) is 0 Å². The van der Waals surface area contributed by atoms with Crippen LogP contribution >= 0.6 is 0 Å². The Morgan fingerprint density at radius 3 is 2.61 bits per heavy atom. The van der Waals surface area contributed by atoms with Crippen LogP contribution in [-0.2, 0) is 9.84 Å². The molecule has 1 heterocycles. The highest BCUT2D eigenvalue weighted by molar-refractivity contribution is 7.90. The average Bonchev–Trinajstić information content (AvgIpc) is 2.27. The van der Waals surface area contributed by atoms with Crippen molar-refractivity contribution in [2.45, 2.75) is 31.2 Å². The van der Waals surface area contributed by atoms with Crippen molar-refractivity contribution in [2.24, 2.45) is 11.7 Å². The number of anilines is 1. The summed E-state index contributed by atoms with van der Waals surface area (Å²) < 4.78 is 23.3. The van der Waals surface area contributed by atoms with Crippen molar-refractivity contribution < 1.29 is 8.42 Å². The van der Waals surface area contributed by atoms with E-state index in [1.54, 1.807) is 18.3 Å². The number of sulfone groups is 1. The molecule has 0 spiro atoms. The molecule has 0 saturated carbocycles. The van der Waals surface area contributed by atoms with Crippen molar-refractivity contribution in [1.29, 1.82) is 0 Å². The van der Waals surface area contributed by atoms with Crippen LogP contribution in [0.2, 0.25) is 0 Å². The van der Waals surface area contributed by atoms with Gasteiger partial charge in [0.2, 0.25) is 0 Å². The lowest BCUT2D eigenvalue weighted by atomic mass is 10.0. The van der Waals surface area contributed by atoms with Crippen molar-refractivity contribution in [2.75, 3.05) is 18.1 Å². The minimum absolute atomic E-state index is 0.116. The second-order valence-electron chi connectivity index (χ2n) is 4.69. The predicted molar refractivity (Wildman–Crippen MR) is 73.3 cm³/mol. The van der Waals surface area contributed by atoms with Crippen LogP contribution < -0.4 is 11.1 Å². The Hall–Kier alpha value is -1.14. The highest BCUT2D eigenvalue weighted by Gasteiger charge is 2.18. The fourth-order valence-corrected chi connectivity index (χ4v) is 2.51. The topological polar surface area (TPSA) is 85.1 Å². The molecule has 3 N–H and O–H groups in total. The fourth-order valence-electron chi connectivity index (χ4n) is 1.73. The summed E-state index contributed by atoms with van der Waals surface area (Å²) in [6.07, 6.45) is 3.54. The van der Waals surface area contributed by atoms with Crippen molar-refractivity contribution >= 4 is 15.7 Å². The van der Waals surface area contributed by atoms with Crippen LogP contribution in [0, 0.1) is 5.92 Å². The Bertz CT molecular complexity index is 486. The van der Waals surface area contributed by atoms with Gasteiger partial charge in [0, 0.05) is 18.5 Å². The lowest BCUT2D eigenvalue weighted by Gasteiger charge is -2.23. The maximum atomic E-state index is 11.7. The monoisotopic (exact) mass is 271 g/mol. The van der Waals surface area contributed by atoms with E-state index in [1.165, 1.54) is 6.26 Å². The van der Waals surface area contributed by atoms with Crippen LogP contribution in [0.5, 0.6) is 0 Å². The Kier molecular flexibility index (Phi) is 5.10. The number of rotatable bonds is 6. The summed E-state index contributed by atoms with van der Waals surface area (Å²) in [6, 6.07) is 3.30. The number of hydrogen-bond acceptors (Lipinski definition) is 5. The Morgan fingerprint density at radius 2 is 2.11 bits per heavy atom. The van der Waals surface area contributed by atoms with E-state index in [0.717, 1.165) is 6.42 Å². The van der Waals surface area contributed by atoms with Gasteiger partial charge in [-0.1, -0.05) is 13.8 Å². The first-order chi connectivity index (χ1) is 8.36.